The first-order valence-corrected chi connectivity index (χ1v) is 7.31. The molecule has 2 heterocycles. The van der Waals surface area contributed by atoms with Crippen LogP contribution in [0.5, 0.6) is 0 Å². The zero-order chi connectivity index (χ0) is 14.8. The van der Waals surface area contributed by atoms with Crippen molar-refractivity contribution in [2.45, 2.75) is 18.9 Å². The fraction of sp³-hybridized carbons (Fsp3) is 0.375. The van der Waals surface area contributed by atoms with E-state index in [9.17, 15) is 4.79 Å². The van der Waals surface area contributed by atoms with Gasteiger partial charge in [0.05, 0.1) is 11.1 Å². The van der Waals surface area contributed by atoms with E-state index in [0.717, 1.165) is 42.7 Å². The van der Waals surface area contributed by atoms with E-state index in [1.807, 2.05) is 37.4 Å². The van der Waals surface area contributed by atoms with Gasteiger partial charge in [-0.05, 0) is 32.0 Å². The van der Waals surface area contributed by atoms with Crippen LogP contribution in [0.15, 0.2) is 30.3 Å². The fourth-order valence-corrected chi connectivity index (χ4v) is 3.07. The molecule has 0 aliphatic carbocycles. The molecule has 1 aliphatic heterocycles. The Morgan fingerprint density at radius 3 is 3.05 bits per heavy atom. The maximum Gasteiger partial charge on any atom is 0.252 e. The van der Waals surface area contributed by atoms with Crippen LogP contribution in [0.25, 0.3) is 10.9 Å². The van der Waals surface area contributed by atoms with Crippen LogP contribution in [0.3, 0.4) is 0 Å². The normalized spacial score (nSPS) is 18.3. The van der Waals surface area contributed by atoms with Crippen molar-refractivity contribution in [1.29, 1.82) is 0 Å². The quantitative estimate of drug-likeness (QED) is 0.893. The largest absolute Gasteiger partial charge is 0.365 e. The first kappa shape index (κ1) is 13.8. The number of pyridine rings is 1. The van der Waals surface area contributed by atoms with Crippen molar-refractivity contribution in [3.63, 3.8) is 0 Å². The van der Waals surface area contributed by atoms with Crippen molar-refractivity contribution in [2.24, 2.45) is 5.73 Å². The number of benzene rings is 1. The Bertz CT molecular complexity index is 670. The van der Waals surface area contributed by atoms with Gasteiger partial charge >= 0.3 is 0 Å². The monoisotopic (exact) mass is 284 g/mol. The molecule has 5 nitrogen and oxygen atoms in total. The van der Waals surface area contributed by atoms with Crippen molar-refractivity contribution < 1.29 is 4.79 Å². The van der Waals surface area contributed by atoms with Gasteiger partial charge in [-0.1, -0.05) is 18.2 Å². The standard InChI is InChI=1S/C16H20N4O/c1-18-10-12-6-4-8-20(12)16-13(15(17)21)9-11-5-2-3-7-14(11)19-16/h2-3,5,7,9,12,18H,4,6,8,10H2,1H3,(H2,17,21). The van der Waals surface area contributed by atoms with E-state index < -0.39 is 5.91 Å². The second-order valence-electron chi connectivity index (χ2n) is 5.46. The van der Waals surface area contributed by atoms with Crippen LogP contribution in [0, 0.1) is 0 Å². The average Bonchev–Trinajstić information content (AvgIpc) is 2.94. The molecule has 1 unspecified atom stereocenters. The number of anilines is 1. The summed E-state index contributed by atoms with van der Waals surface area (Å²) in [5, 5.41) is 4.15. The molecule has 1 saturated heterocycles. The molecule has 5 heteroatoms. The molecule has 1 aliphatic rings. The number of para-hydroxylation sites is 1. The predicted octanol–water partition coefficient (Wildman–Crippen LogP) is 1.52. The second kappa shape index (κ2) is 5.69. The third-order valence-electron chi connectivity index (χ3n) is 4.06. The number of nitrogens with zero attached hydrogens (tertiary/aromatic N) is 2. The molecule has 110 valence electrons. The molecule has 3 N–H and O–H groups in total. The van der Waals surface area contributed by atoms with Crippen molar-refractivity contribution in [1.82, 2.24) is 10.3 Å². The lowest BCUT2D eigenvalue weighted by Crippen LogP contribution is -2.38. The Morgan fingerprint density at radius 1 is 1.48 bits per heavy atom. The van der Waals surface area contributed by atoms with E-state index in [4.69, 9.17) is 10.7 Å². The van der Waals surface area contributed by atoms with Crippen LogP contribution in [0.2, 0.25) is 0 Å². The number of nitrogens with one attached hydrogen (secondary N) is 1. The van der Waals surface area contributed by atoms with Gasteiger partial charge in [0.2, 0.25) is 0 Å². The van der Waals surface area contributed by atoms with Gasteiger partial charge in [0.15, 0.2) is 0 Å². The van der Waals surface area contributed by atoms with E-state index in [-0.39, 0.29) is 0 Å². The molecule has 1 aromatic heterocycles. The highest BCUT2D eigenvalue weighted by Gasteiger charge is 2.28. The molecule has 0 saturated carbocycles. The van der Waals surface area contributed by atoms with Crippen molar-refractivity contribution in [2.75, 3.05) is 25.0 Å². The molecular formula is C16H20N4O. The fourth-order valence-electron chi connectivity index (χ4n) is 3.07. The van der Waals surface area contributed by atoms with Crippen LogP contribution >= 0.6 is 0 Å². The third kappa shape index (κ3) is 2.56. The zero-order valence-corrected chi connectivity index (χ0v) is 12.2. The van der Waals surface area contributed by atoms with E-state index in [1.54, 1.807) is 0 Å². The molecule has 3 rings (SSSR count). The van der Waals surface area contributed by atoms with Crippen LogP contribution in [0.4, 0.5) is 5.82 Å². The van der Waals surface area contributed by atoms with Crippen LogP contribution in [-0.2, 0) is 0 Å². The lowest BCUT2D eigenvalue weighted by molar-refractivity contribution is 0.100. The molecule has 0 radical (unpaired) electrons. The Balaban J connectivity index is 2.11. The minimum Gasteiger partial charge on any atom is -0.365 e. The number of carbonyl (C=O) groups is 1. The molecule has 0 spiro atoms. The average molecular weight is 284 g/mol. The molecule has 1 amide bonds. The third-order valence-corrected chi connectivity index (χ3v) is 4.06. The number of hydrogen-bond acceptors (Lipinski definition) is 4. The van der Waals surface area contributed by atoms with E-state index in [0.29, 0.717) is 11.6 Å². The molecule has 0 bridgehead atoms. The zero-order valence-electron chi connectivity index (χ0n) is 12.2. The Kier molecular flexibility index (Phi) is 3.75. The lowest BCUT2D eigenvalue weighted by Gasteiger charge is -2.27. The Morgan fingerprint density at radius 2 is 2.29 bits per heavy atom. The minimum atomic E-state index is -0.418. The number of amides is 1. The van der Waals surface area contributed by atoms with Crippen LogP contribution < -0.4 is 16.0 Å². The van der Waals surface area contributed by atoms with Gasteiger partial charge in [-0.25, -0.2) is 4.98 Å². The molecule has 21 heavy (non-hydrogen) atoms. The molecule has 1 fully saturated rings. The van der Waals surface area contributed by atoms with Crippen molar-refractivity contribution >= 4 is 22.6 Å². The number of hydrogen-bond donors (Lipinski definition) is 2. The Hall–Kier alpha value is -2.14. The summed E-state index contributed by atoms with van der Waals surface area (Å²) in [6.07, 6.45) is 2.21. The molecule has 1 atom stereocenters. The van der Waals surface area contributed by atoms with Gasteiger partial charge < -0.3 is 16.0 Å². The van der Waals surface area contributed by atoms with E-state index >= 15 is 0 Å². The van der Waals surface area contributed by atoms with Gasteiger partial charge in [-0.3, -0.25) is 4.79 Å². The number of primary amides is 1. The van der Waals surface area contributed by atoms with Gasteiger partial charge in [0.1, 0.15) is 5.82 Å². The lowest BCUT2D eigenvalue weighted by atomic mass is 10.1. The summed E-state index contributed by atoms with van der Waals surface area (Å²) < 4.78 is 0. The number of rotatable bonds is 4. The summed E-state index contributed by atoms with van der Waals surface area (Å²) >= 11 is 0. The Labute approximate surface area is 124 Å². The number of fused-ring (bicyclic) bond motifs is 1. The number of nitrogens with two attached hydrogens (primary N) is 1. The molecular weight excluding hydrogens is 264 g/mol. The maximum absolute atomic E-state index is 11.8. The summed E-state index contributed by atoms with van der Waals surface area (Å²) in [5.74, 6) is 0.303. The smallest absolute Gasteiger partial charge is 0.252 e. The topological polar surface area (TPSA) is 71.2 Å². The maximum atomic E-state index is 11.8. The van der Waals surface area contributed by atoms with Gasteiger partial charge in [0.25, 0.3) is 5.91 Å². The number of aromatic nitrogens is 1. The van der Waals surface area contributed by atoms with E-state index in [2.05, 4.69) is 10.2 Å². The highest BCUT2D eigenvalue weighted by Crippen LogP contribution is 2.29. The van der Waals surface area contributed by atoms with Gasteiger partial charge in [-0.2, -0.15) is 0 Å². The first-order chi connectivity index (χ1) is 10.2. The summed E-state index contributed by atoms with van der Waals surface area (Å²) in [6, 6.07) is 10.0. The summed E-state index contributed by atoms with van der Waals surface area (Å²) in [4.78, 5) is 18.7. The molecule has 1 aromatic carbocycles. The van der Waals surface area contributed by atoms with Crippen molar-refractivity contribution in [3.05, 3.63) is 35.9 Å². The highest BCUT2D eigenvalue weighted by atomic mass is 16.1. The van der Waals surface area contributed by atoms with Crippen molar-refractivity contribution in [3.8, 4) is 0 Å². The highest BCUT2D eigenvalue weighted by molar-refractivity contribution is 6.01. The molecule has 2 aromatic rings. The minimum absolute atomic E-state index is 0.363. The first-order valence-electron chi connectivity index (χ1n) is 7.31. The SMILES string of the molecule is CNCC1CCCN1c1nc2ccccc2cc1C(N)=O. The van der Waals surface area contributed by atoms with Gasteiger partial charge in [-0.15, -0.1) is 0 Å². The van der Waals surface area contributed by atoms with Crippen LogP contribution in [0.1, 0.15) is 23.2 Å². The summed E-state index contributed by atoms with van der Waals surface area (Å²) in [5.41, 5.74) is 6.98. The van der Waals surface area contributed by atoms with Crippen LogP contribution in [-0.4, -0.2) is 37.1 Å². The summed E-state index contributed by atoms with van der Waals surface area (Å²) in [6.45, 7) is 1.80. The van der Waals surface area contributed by atoms with Gasteiger partial charge in [0, 0.05) is 24.5 Å². The summed E-state index contributed by atoms with van der Waals surface area (Å²) in [7, 11) is 1.94. The number of carbonyl (C=O) groups excluding carboxylic acids is 1. The number of likely N-dealkylation sites (N-methyl/N-ethyl adjacent to an activating group) is 1. The van der Waals surface area contributed by atoms with E-state index in [1.165, 1.54) is 0 Å². The second-order valence-corrected chi connectivity index (χ2v) is 5.46. The predicted molar refractivity (Wildman–Crippen MR) is 84.6 cm³/mol.